The van der Waals surface area contributed by atoms with E-state index in [1.807, 2.05) is 12.1 Å². The molecule has 0 spiro atoms. The molecular weight excluding hydrogens is 334 g/mol. The van der Waals surface area contributed by atoms with Gasteiger partial charge in [0.25, 0.3) is 11.6 Å². The van der Waals surface area contributed by atoms with Crippen LogP contribution in [-0.4, -0.2) is 49.0 Å². The zero-order chi connectivity index (χ0) is 18.5. The van der Waals surface area contributed by atoms with E-state index in [-0.39, 0.29) is 11.6 Å². The highest BCUT2D eigenvalue weighted by molar-refractivity contribution is 5.94. The number of carbonyl (C=O) groups excluding carboxylic acids is 1. The molecule has 0 aromatic heterocycles. The molecule has 0 atom stereocenters. The summed E-state index contributed by atoms with van der Waals surface area (Å²) in [6.07, 6.45) is 0. The fourth-order valence-electron chi connectivity index (χ4n) is 3.17. The number of nitro groups is 1. The van der Waals surface area contributed by atoms with Crippen molar-refractivity contribution in [3.05, 3.63) is 69.8 Å². The SMILES string of the molecule is COc1ccc(C[NH+]2CCN(C(=O)c3cccc([N+](=O)[O-])c3)CC2)cc1. The zero-order valence-electron chi connectivity index (χ0n) is 14.7. The summed E-state index contributed by atoms with van der Waals surface area (Å²) in [7, 11) is 1.65. The number of nitro benzene ring substituents is 1. The van der Waals surface area contributed by atoms with Crippen LogP contribution in [0.25, 0.3) is 0 Å². The third-order valence-corrected chi connectivity index (χ3v) is 4.67. The van der Waals surface area contributed by atoms with Crippen LogP contribution < -0.4 is 9.64 Å². The minimum absolute atomic E-state index is 0.0559. The number of hydrogen-bond acceptors (Lipinski definition) is 4. The largest absolute Gasteiger partial charge is 0.497 e. The van der Waals surface area contributed by atoms with Crippen molar-refractivity contribution >= 4 is 11.6 Å². The molecule has 1 aliphatic rings. The summed E-state index contributed by atoms with van der Waals surface area (Å²) in [4.78, 5) is 26.2. The van der Waals surface area contributed by atoms with Crippen molar-refractivity contribution in [2.45, 2.75) is 6.54 Å². The van der Waals surface area contributed by atoms with Gasteiger partial charge in [0, 0.05) is 23.3 Å². The molecular formula is C19H22N3O4+. The third-order valence-electron chi connectivity index (χ3n) is 4.67. The highest BCUT2D eigenvalue weighted by Gasteiger charge is 2.25. The monoisotopic (exact) mass is 356 g/mol. The van der Waals surface area contributed by atoms with E-state index >= 15 is 0 Å². The lowest BCUT2D eigenvalue weighted by atomic mass is 10.1. The number of rotatable bonds is 5. The van der Waals surface area contributed by atoms with E-state index < -0.39 is 4.92 Å². The number of benzene rings is 2. The number of nitrogens with one attached hydrogen (secondary N) is 1. The van der Waals surface area contributed by atoms with Gasteiger partial charge in [-0.1, -0.05) is 6.07 Å². The number of nitrogens with zero attached hydrogens (tertiary/aromatic N) is 2. The first-order valence-electron chi connectivity index (χ1n) is 8.57. The van der Waals surface area contributed by atoms with Gasteiger partial charge in [0.15, 0.2) is 0 Å². The van der Waals surface area contributed by atoms with Crippen LogP contribution in [0.3, 0.4) is 0 Å². The van der Waals surface area contributed by atoms with E-state index in [0.29, 0.717) is 18.7 Å². The molecule has 1 saturated heterocycles. The Labute approximate surface area is 151 Å². The first-order valence-corrected chi connectivity index (χ1v) is 8.57. The molecule has 7 nitrogen and oxygen atoms in total. The van der Waals surface area contributed by atoms with Crippen LogP contribution in [0, 0.1) is 10.1 Å². The summed E-state index contributed by atoms with van der Waals surface area (Å²) in [6.45, 7) is 3.91. The Kier molecular flexibility index (Phi) is 5.48. The number of carbonyl (C=O) groups is 1. The standard InChI is InChI=1S/C19H21N3O4/c1-26-18-7-5-15(6-8-18)14-20-9-11-21(12-10-20)19(23)16-3-2-4-17(13-16)22(24)25/h2-8,13H,9-12,14H2,1H3/p+1. The van der Waals surface area contributed by atoms with E-state index in [1.165, 1.54) is 22.6 Å². The Morgan fingerprint density at radius 1 is 1.19 bits per heavy atom. The molecule has 1 fully saturated rings. The van der Waals surface area contributed by atoms with Gasteiger partial charge in [-0.2, -0.15) is 0 Å². The van der Waals surface area contributed by atoms with Crippen LogP contribution >= 0.6 is 0 Å². The van der Waals surface area contributed by atoms with E-state index in [2.05, 4.69) is 12.1 Å². The van der Waals surface area contributed by atoms with Crippen molar-refractivity contribution < 1.29 is 19.4 Å². The van der Waals surface area contributed by atoms with Gasteiger partial charge in [0.05, 0.1) is 38.2 Å². The number of methoxy groups -OCH3 is 1. The second kappa shape index (κ2) is 7.97. The molecule has 1 amide bonds. The normalized spacial score (nSPS) is 14.9. The molecule has 0 aliphatic carbocycles. The Balaban J connectivity index is 1.56. The van der Waals surface area contributed by atoms with Gasteiger partial charge in [-0.3, -0.25) is 14.9 Å². The highest BCUT2D eigenvalue weighted by atomic mass is 16.6. The summed E-state index contributed by atoms with van der Waals surface area (Å²) >= 11 is 0. The highest BCUT2D eigenvalue weighted by Crippen LogP contribution is 2.15. The molecule has 2 aromatic rings. The molecule has 3 rings (SSSR count). The predicted molar refractivity (Wildman–Crippen MR) is 96.4 cm³/mol. The first kappa shape index (κ1) is 17.9. The minimum Gasteiger partial charge on any atom is -0.497 e. The van der Waals surface area contributed by atoms with Gasteiger partial charge in [0.2, 0.25) is 0 Å². The summed E-state index contributed by atoms with van der Waals surface area (Å²) in [5, 5.41) is 10.9. The van der Waals surface area contributed by atoms with Crippen LogP contribution in [0.2, 0.25) is 0 Å². The second-order valence-electron chi connectivity index (χ2n) is 6.37. The summed E-state index contributed by atoms with van der Waals surface area (Å²) in [5.74, 6) is 0.702. The van der Waals surface area contributed by atoms with Gasteiger partial charge in [-0.15, -0.1) is 0 Å². The van der Waals surface area contributed by atoms with Crippen molar-refractivity contribution in [1.82, 2.24) is 4.90 Å². The van der Waals surface area contributed by atoms with Gasteiger partial charge in [0.1, 0.15) is 12.3 Å². The average Bonchev–Trinajstić information content (AvgIpc) is 2.68. The third kappa shape index (κ3) is 4.18. The quantitative estimate of drug-likeness (QED) is 0.644. The van der Waals surface area contributed by atoms with Gasteiger partial charge in [-0.05, 0) is 30.3 Å². The molecule has 7 heteroatoms. The smallest absolute Gasteiger partial charge is 0.270 e. The molecule has 0 radical (unpaired) electrons. The van der Waals surface area contributed by atoms with E-state index in [4.69, 9.17) is 4.74 Å². The molecule has 2 aromatic carbocycles. The summed E-state index contributed by atoms with van der Waals surface area (Å²) in [5.41, 5.74) is 1.55. The maximum Gasteiger partial charge on any atom is 0.270 e. The molecule has 1 aliphatic heterocycles. The van der Waals surface area contributed by atoms with Crippen molar-refractivity contribution in [3.63, 3.8) is 0 Å². The van der Waals surface area contributed by atoms with Gasteiger partial charge < -0.3 is 14.5 Å². The molecule has 26 heavy (non-hydrogen) atoms. The van der Waals surface area contributed by atoms with Crippen molar-refractivity contribution in [2.75, 3.05) is 33.3 Å². The molecule has 0 unspecified atom stereocenters. The van der Waals surface area contributed by atoms with Crippen molar-refractivity contribution in [2.24, 2.45) is 0 Å². The second-order valence-corrected chi connectivity index (χ2v) is 6.37. The molecule has 0 bridgehead atoms. The van der Waals surface area contributed by atoms with Gasteiger partial charge in [-0.25, -0.2) is 0 Å². The summed E-state index contributed by atoms with van der Waals surface area (Å²) in [6, 6.07) is 14.0. The Morgan fingerprint density at radius 3 is 2.50 bits per heavy atom. The van der Waals surface area contributed by atoms with Crippen LogP contribution in [-0.2, 0) is 6.54 Å². The lowest BCUT2D eigenvalue weighted by molar-refractivity contribution is -0.917. The lowest BCUT2D eigenvalue weighted by Gasteiger charge is -2.32. The van der Waals surface area contributed by atoms with Crippen molar-refractivity contribution in [1.29, 1.82) is 0 Å². The number of ether oxygens (including phenoxy) is 1. The van der Waals surface area contributed by atoms with Crippen LogP contribution in [0.1, 0.15) is 15.9 Å². The topological polar surface area (TPSA) is 77.1 Å². The zero-order valence-corrected chi connectivity index (χ0v) is 14.7. The van der Waals surface area contributed by atoms with Crippen molar-refractivity contribution in [3.8, 4) is 5.75 Å². The Morgan fingerprint density at radius 2 is 1.88 bits per heavy atom. The van der Waals surface area contributed by atoms with E-state index in [9.17, 15) is 14.9 Å². The summed E-state index contributed by atoms with van der Waals surface area (Å²) < 4.78 is 5.17. The molecule has 1 heterocycles. The number of amides is 1. The Hall–Kier alpha value is -2.93. The average molecular weight is 356 g/mol. The molecule has 1 N–H and O–H groups in total. The Bertz CT molecular complexity index is 784. The first-order chi connectivity index (χ1) is 12.6. The number of non-ortho nitro benzene ring substituents is 1. The maximum absolute atomic E-state index is 12.6. The minimum atomic E-state index is -0.478. The molecule has 136 valence electrons. The van der Waals surface area contributed by atoms with E-state index in [1.54, 1.807) is 24.1 Å². The number of hydrogen-bond donors (Lipinski definition) is 1. The molecule has 0 saturated carbocycles. The number of quaternary nitrogens is 1. The van der Waals surface area contributed by atoms with Crippen LogP contribution in [0.5, 0.6) is 5.75 Å². The van der Waals surface area contributed by atoms with Crippen LogP contribution in [0.4, 0.5) is 5.69 Å². The van der Waals surface area contributed by atoms with E-state index in [0.717, 1.165) is 25.4 Å². The predicted octanol–water partition coefficient (Wildman–Crippen LogP) is 1.14. The number of piperazine rings is 1. The fraction of sp³-hybridized carbons (Fsp3) is 0.316. The fourth-order valence-corrected chi connectivity index (χ4v) is 3.17. The van der Waals surface area contributed by atoms with Crippen LogP contribution in [0.15, 0.2) is 48.5 Å². The maximum atomic E-state index is 12.6. The lowest BCUT2D eigenvalue weighted by Crippen LogP contribution is -3.13. The van der Waals surface area contributed by atoms with Gasteiger partial charge >= 0.3 is 0 Å².